The zero-order valence-corrected chi connectivity index (χ0v) is 14.5. The van der Waals surface area contributed by atoms with Crippen molar-refractivity contribution in [2.45, 2.75) is 51.2 Å². The molecule has 6 nitrogen and oxygen atoms in total. The van der Waals surface area contributed by atoms with Crippen molar-refractivity contribution >= 4 is 10.2 Å². The molecule has 0 amide bonds. The van der Waals surface area contributed by atoms with Crippen molar-refractivity contribution in [1.29, 1.82) is 0 Å². The van der Waals surface area contributed by atoms with Crippen molar-refractivity contribution in [3.05, 3.63) is 24.2 Å². The molecule has 3 heterocycles. The van der Waals surface area contributed by atoms with Gasteiger partial charge in [-0.3, -0.25) is 0 Å². The third-order valence-corrected chi connectivity index (χ3v) is 6.61. The molecule has 0 aliphatic carbocycles. The van der Waals surface area contributed by atoms with Gasteiger partial charge in [0.1, 0.15) is 5.76 Å². The molecule has 0 N–H and O–H groups in total. The zero-order valence-electron chi connectivity index (χ0n) is 13.7. The van der Waals surface area contributed by atoms with E-state index in [2.05, 4.69) is 6.92 Å². The third-order valence-electron chi connectivity index (χ3n) is 4.60. The molecule has 0 radical (unpaired) electrons. The van der Waals surface area contributed by atoms with Crippen LogP contribution in [0.15, 0.2) is 22.8 Å². The Labute approximate surface area is 138 Å². The second-order valence-corrected chi connectivity index (χ2v) is 8.17. The van der Waals surface area contributed by atoms with Gasteiger partial charge in [-0.25, -0.2) is 0 Å². The van der Waals surface area contributed by atoms with Crippen LogP contribution in [0.4, 0.5) is 0 Å². The smallest absolute Gasteiger partial charge is 0.282 e. The lowest BCUT2D eigenvalue weighted by Gasteiger charge is -2.35. The molecule has 1 aromatic rings. The Kier molecular flexibility index (Phi) is 5.41. The fraction of sp³-hybridized carbons (Fsp3) is 0.750. The largest absolute Gasteiger partial charge is 0.468 e. The highest BCUT2D eigenvalue weighted by Gasteiger charge is 2.41. The van der Waals surface area contributed by atoms with E-state index in [1.165, 1.54) is 0 Å². The molecule has 2 aliphatic heterocycles. The minimum absolute atomic E-state index is 0.0168. The maximum Gasteiger partial charge on any atom is 0.282 e. The molecule has 0 aromatic carbocycles. The molecule has 130 valence electrons. The third kappa shape index (κ3) is 3.63. The summed E-state index contributed by atoms with van der Waals surface area (Å²) >= 11 is 0. The Morgan fingerprint density at radius 2 is 2.13 bits per heavy atom. The van der Waals surface area contributed by atoms with Crippen LogP contribution in [0, 0.1) is 0 Å². The molecule has 2 saturated heterocycles. The van der Waals surface area contributed by atoms with Gasteiger partial charge in [-0.05, 0) is 44.2 Å². The first-order valence-electron chi connectivity index (χ1n) is 8.55. The Morgan fingerprint density at radius 1 is 1.30 bits per heavy atom. The first kappa shape index (κ1) is 17.0. The van der Waals surface area contributed by atoms with Crippen molar-refractivity contribution in [2.24, 2.45) is 0 Å². The summed E-state index contributed by atoms with van der Waals surface area (Å²) in [5.41, 5.74) is 0. The summed E-state index contributed by atoms with van der Waals surface area (Å²) in [5.74, 6) is 0.738. The van der Waals surface area contributed by atoms with Gasteiger partial charge in [-0.2, -0.15) is 17.0 Å². The van der Waals surface area contributed by atoms with Gasteiger partial charge >= 0.3 is 0 Å². The van der Waals surface area contributed by atoms with Crippen LogP contribution in [0.2, 0.25) is 0 Å². The van der Waals surface area contributed by atoms with E-state index in [0.29, 0.717) is 26.2 Å². The lowest BCUT2D eigenvalue weighted by molar-refractivity contribution is 0.0179. The van der Waals surface area contributed by atoms with Crippen LogP contribution in [0.25, 0.3) is 0 Å². The monoisotopic (exact) mass is 342 g/mol. The van der Waals surface area contributed by atoms with Gasteiger partial charge in [0.25, 0.3) is 10.2 Å². The fourth-order valence-corrected chi connectivity index (χ4v) is 5.37. The van der Waals surface area contributed by atoms with E-state index in [0.717, 1.165) is 37.9 Å². The molecule has 2 fully saturated rings. The van der Waals surface area contributed by atoms with E-state index < -0.39 is 10.2 Å². The zero-order chi connectivity index (χ0) is 16.3. The first-order valence-corrected chi connectivity index (χ1v) is 9.94. The maximum absolute atomic E-state index is 13.1. The van der Waals surface area contributed by atoms with Crippen LogP contribution in [0.1, 0.15) is 50.8 Å². The SMILES string of the molecule is CCCO[C@H]1CCCN(S(=O)(=O)N2CCC[C@@H]2c2ccco2)C1. The molecule has 7 heteroatoms. The highest BCUT2D eigenvalue weighted by molar-refractivity contribution is 7.86. The molecular formula is C16H26N2O4S. The molecule has 0 unspecified atom stereocenters. The van der Waals surface area contributed by atoms with E-state index in [-0.39, 0.29) is 12.1 Å². The molecule has 2 aliphatic rings. The second kappa shape index (κ2) is 7.34. The number of furan rings is 1. The van der Waals surface area contributed by atoms with E-state index in [1.807, 2.05) is 12.1 Å². The number of piperidine rings is 1. The Balaban J connectivity index is 1.72. The van der Waals surface area contributed by atoms with Gasteiger partial charge in [-0.15, -0.1) is 0 Å². The van der Waals surface area contributed by atoms with Crippen molar-refractivity contribution in [2.75, 3.05) is 26.2 Å². The Hall–Kier alpha value is -0.890. The average Bonchev–Trinajstić information content (AvgIpc) is 3.23. The maximum atomic E-state index is 13.1. The van der Waals surface area contributed by atoms with Gasteiger partial charge in [0.2, 0.25) is 0 Å². The summed E-state index contributed by atoms with van der Waals surface area (Å²) in [6.07, 6.45) is 6.05. The molecule has 23 heavy (non-hydrogen) atoms. The van der Waals surface area contributed by atoms with Gasteiger partial charge in [0.05, 0.1) is 18.4 Å². The van der Waals surface area contributed by atoms with Crippen LogP contribution in [-0.2, 0) is 14.9 Å². The standard InChI is InChI=1S/C16H26N2O4S/c1-2-11-21-14-6-3-9-17(13-14)23(19,20)18-10-4-7-15(18)16-8-5-12-22-16/h5,8,12,14-15H,2-4,6-7,9-11,13H2,1H3/t14-,15+/m0/s1. The second-order valence-electron chi connectivity index (χ2n) is 6.28. The Morgan fingerprint density at radius 3 is 2.87 bits per heavy atom. The predicted octanol–water partition coefficient (Wildman–Crippen LogP) is 2.55. The molecule has 0 saturated carbocycles. The van der Waals surface area contributed by atoms with Gasteiger partial charge < -0.3 is 9.15 Å². The van der Waals surface area contributed by atoms with Crippen molar-refractivity contribution in [1.82, 2.24) is 8.61 Å². The highest BCUT2D eigenvalue weighted by atomic mass is 32.2. The average molecular weight is 342 g/mol. The summed E-state index contributed by atoms with van der Waals surface area (Å²) in [7, 11) is -3.47. The van der Waals surface area contributed by atoms with Gasteiger partial charge in [0, 0.05) is 26.2 Å². The van der Waals surface area contributed by atoms with E-state index in [9.17, 15) is 8.42 Å². The highest BCUT2D eigenvalue weighted by Crippen LogP contribution is 2.36. The molecule has 3 rings (SSSR count). The molecule has 2 atom stereocenters. The van der Waals surface area contributed by atoms with Crippen LogP contribution in [0.5, 0.6) is 0 Å². The minimum Gasteiger partial charge on any atom is -0.468 e. The van der Waals surface area contributed by atoms with Crippen molar-refractivity contribution in [3.63, 3.8) is 0 Å². The summed E-state index contributed by atoms with van der Waals surface area (Å²) in [6.45, 7) is 4.36. The summed E-state index contributed by atoms with van der Waals surface area (Å²) in [4.78, 5) is 0. The number of ether oxygens (including phenoxy) is 1. The van der Waals surface area contributed by atoms with Gasteiger partial charge in [-0.1, -0.05) is 6.92 Å². The summed E-state index contributed by atoms with van der Waals surface area (Å²) in [5, 5.41) is 0. The van der Waals surface area contributed by atoms with E-state index in [4.69, 9.17) is 9.15 Å². The van der Waals surface area contributed by atoms with Crippen molar-refractivity contribution < 1.29 is 17.6 Å². The quantitative estimate of drug-likeness (QED) is 0.797. The summed E-state index contributed by atoms with van der Waals surface area (Å²) < 4.78 is 40.6. The van der Waals surface area contributed by atoms with Crippen LogP contribution < -0.4 is 0 Å². The molecule has 0 bridgehead atoms. The van der Waals surface area contributed by atoms with Crippen molar-refractivity contribution in [3.8, 4) is 0 Å². The van der Waals surface area contributed by atoms with Crippen LogP contribution in [0.3, 0.4) is 0 Å². The molecule has 1 aromatic heterocycles. The number of rotatable bonds is 6. The lowest BCUT2D eigenvalue weighted by atomic mass is 10.1. The van der Waals surface area contributed by atoms with E-state index in [1.54, 1.807) is 14.9 Å². The van der Waals surface area contributed by atoms with Crippen LogP contribution >= 0.6 is 0 Å². The van der Waals surface area contributed by atoms with E-state index >= 15 is 0 Å². The topological polar surface area (TPSA) is 63.0 Å². The number of hydrogen-bond acceptors (Lipinski definition) is 4. The fourth-order valence-electron chi connectivity index (χ4n) is 3.46. The first-order chi connectivity index (χ1) is 11.1. The summed E-state index contributed by atoms with van der Waals surface area (Å²) in [6, 6.07) is 3.50. The predicted molar refractivity (Wildman–Crippen MR) is 87.1 cm³/mol. The normalized spacial score (nSPS) is 27.5. The molecular weight excluding hydrogens is 316 g/mol. The molecule has 0 spiro atoms. The number of hydrogen-bond donors (Lipinski definition) is 0. The Bertz CT molecular complexity index is 587. The minimum atomic E-state index is -3.47. The van der Waals surface area contributed by atoms with Crippen LogP contribution in [-0.4, -0.2) is 49.4 Å². The van der Waals surface area contributed by atoms with Gasteiger partial charge in [0.15, 0.2) is 0 Å². The number of nitrogens with zero attached hydrogens (tertiary/aromatic N) is 2. The lowest BCUT2D eigenvalue weighted by Crippen LogP contribution is -2.49.